The molecule has 0 aromatic carbocycles. The average molecular weight is 297 g/mol. The van der Waals surface area contributed by atoms with Gasteiger partial charge in [-0.1, -0.05) is 0 Å². The van der Waals surface area contributed by atoms with Crippen molar-refractivity contribution in [1.82, 2.24) is 19.5 Å². The molecule has 1 aliphatic rings. The average Bonchev–Trinajstić information content (AvgIpc) is 2.95. The van der Waals surface area contributed by atoms with Crippen LogP contribution in [0.1, 0.15) is 13.2 Å². The molecule has 1 saturated heterocycles. The van der Waals surface area contributed by atoms with E-state index >= 15 is 0 Å². The van der Waals surface area contributed by atoms with Crippen molar-refractivity contribution in [3.05, 3.63) is 16.7 Å². The number of aliphatic hydroxyl groups is 3. The third-order valence-corrected chi connectivity index (χ3v) is 3.67. The molecular weight excluding hydrogens is 282 g/mol. The first-order valence-electron chi connectivity index (χ1n) is 6.24. The molecule has 0 radical (unpaired) electrons. The Balaban J connectivity index is 2.12. The lowest BCUT2D eigenvalue weighted by Gasteiger charge is -2.24. The summed E-state index contributed by atoms with van der Waals surface area (Å²) in [5.74, 6) is -0.104. The molecule has 1 aliphatic heterocycles. The highest BCUT2D eigenvalue weighted by atomic mass is 16.6. The molecule has 10 nitrogen and oxygen atoms in total. The van der Waals surface area contributed by atoms with Crippen LogP contribution in [0.2, 0.25) is 0 Å². The Morgan fingerprint density at radius 2 is 2.29 bits per heavy atom. The van der Waals surface area contributed by atoms with Gasteiger partial charge in [0, 0.05) is 0 Å². The first kappa shape index (κ1) is 13.9. The minimum atomic E-state index is -1.33. The van der Waals surface area contributed by atoms with Crippen molar-refractivity contribution >= 4 is 17.1 Å². The Morgan fingerprint density at radius 1 is 1.57 bits per heavy atom. The summed E-state index contributed by atoms with van der Waals surface area (Å²) in [4.78, 5) is 21.9. The summed E-state index contributed by atoms with van der Waals surface area (Å²) < 4.78 is 6.84. The molecule has 0 spiro atoms. The lowest BCUT2D eigenvalue weighted by molar-refractivity contribution is -0.115. The minimum Gasteiger partial charge on any atom is -0.393 e. The Labute approximate surface area is 117 Å². The second-order valence-corrected chi connectivity index (χ2v) is 5.19. The molecule has 114 valence electrons. The molecule has 4 atom stereocenters. The molecule has 3 rings (SSSR count). The van der Waals surface area contributed by atoms with E-state index in [1.165, 1.54) is 17.8 Å². The smallest absolute Gasteiger partial charge is 0.280 e. The summed E-state index contributed by atoms with van der Waals surface area (Å²) in [6.07, 6.45) is -2.40. The Kier molecular flexibility index (Phi) is 2.99. The molecule has 0 amide bonds. The van der Waals surface area contributed by atoms with Gasteiger partial charge in [0.1, 0.15) is 17.8 Å². The number of hydrogen-bond acceptors (Lipinski definition) is 8. The van der Waals surface area contributed by atoms with Crippen LogP contribution < -0.4 is 11.3 Å². The van der Waals surface area contributed by atoms with Crippen LogP contribution in [0.4, 0.5) is 5.95 Å². The molecule has 1 fully saturated rings. The van der Waals surface area contributed by atoms with Crippen molar-refractivity contribution < 1.29 is 20.1 Å². The maximum absolute atomic E-state index is 11.7. The van der Waals surface area contributed by atoms with E-state index in [0.717, 1.165) is 0 Å². The normalized spacial score (nSPS) is 32.9. The maximum Gasteiger partial charge on any atom is 0.280 e. The molecule has 2 aromatic heterocycles. The molecule has 6 N–H and O–H groups in total. The van der Waals surface area contributed by atoms with Gasteiger partial charge in [0.2, 0.25) is 5.95 Å². The highest BCUT2D eigenvalue weighted by molar-refractivity contribution is 5.70. The zero-order valence-electron chi connectivity index (χ0n) is 11.1. The molecule has 2 aromatic rings. The fourth-order valence-corrected chi connectivity index (χ4v) is 2.41. The molecule has 3 heterocycles. The van der Waals surface area contributed by atoms with Crippen LogP contribution in [0.3, 0.4) is 0 Å². The summed E-state index contributed by atoms with van der Waals surface area (Å²) in [5.41, 5.74) is 3.80. The predicted octanol–water partition coefficient (Wildman–Crippen LogP) is -2.30. The second kappa shape index (κ2) is 4.49. The number of H-pyrrole nitrogens is 1. The van der Waals surface area contributed by atoms with E-state index in [0.29, 0.717) is 0 Å². The number of nitrogen functional groups attached to an aromatic ring is 1. The van der Waals surface area contributed by atoms with Crippen molar-refractivity contribution in [2.75, 3.05) is 12.3 Å². The summed E-state index contributed by atoms with van der Waals surface area (Å²) >= 11 is 0. The summed E-state index contributed by atoms with van der Waals surface area (Å²) in [6, 6.07) is 0. The van der Waals surface area contributed by atoms with Gasteiger partial charge in [-0.2, -0.15) is 4.98 Å². The molecule has 0 saturated carbocycles. The SMILES string of the molecule is C[C@]1(CO)OC(n2cnc3c(=O)[nH]c(N)nc32)[C@H](O)[C@@H]1O. The zero-order valence-corrected chi connectivity index (χ0v) is 11.1. The van der Waals surface area contributed by atoms with Crippen LogP contribution in [0.25, 0.3) is 11.2 Å². The predicted molar refractivity (Wildman–Crippen MR) is 70.2 cm³/mol. The van der Waals surface area contributed by atoms with Crippen LogP contribution in [0.15, 0.2) is 11.1 Å². The van der Waals surface area contributed by atoms with Gasteiger partial charge in [-0.15, -0.1) is 0 Å². The monoisotopic (exact) mass is 297 g/mol. The third kappa shape index (κ3) is 1.92. The number of imidazole rings is 1. The lowest BCUT2D eigenvalue weighted by Crippen LogP contribution is -2.43. The van der Waals surface area contributed by atoms with Crippen molar-refractivity contribution in [1.29, 1.82) is 0 Å². The second-order valence-electron chi connectivity index (χ2n) is 5.19. The Hall–Kier alpha value is -2.01. The van der Waals surface area contributed by atoms with E-state index < -0.39 is 36.2 Å². The van der Waals surface area contributed by atoms with Crippen molar-refractivity contribution in [3.8, 4) is 0 Å². The minimum absolute atomic E-state index is 0.0343. The van der Waals surface area contributed by atoms with Gasteiger partial charge in [-0.05, 0) is 6.92 Å². The van der Waals surface area contributed by atoms with Gasteiger partial charge in [0.05, 0.1) is 12.9 Å². The van der Waals surface area contributed by atoms with Gasteiger partial charge < -0.3 is 25.8 Å². The lowest BCUT2D eigenvalue weighted by atomic mass is 9.99. The molecule has 21 heavy (non-hydrogen) atoms. The first-order chi connectivity index (χ1) is 9.87. The number of rotatable bonds is 2. The fourth-order valence-electron chi connectivity index (χ4n) is 2.41. The van der Waals surface area contributed by atoms with E-state index in [1.54, 1.807) is 0 Å². The first-order valence-corrected chi connectivity index (χ1v) is 6.24. The van der Waals surface area contributed by atoms with Crippen LogP contribution in [0, 0.1) is 0 Å². The van der Waals surface area contributed by atoms with E-state index in [4.69, 9.17) is 10.5 Å². The maximum atomic E-state index is 11.7. The van der Waals surface area contributed by atoms with Crippen molar-refractivity contribution in [2.24, 2.45) is 0 Å². The number of fused-ring (bicyclic) bond motifs is 1. The van der Waals surface area contributed by atoms with E-state index in [9.17, 15) is 20.1 Å². The standard InChI is InChI=1S/C11H15N5O5/c1-11(2-17)6(19)5(18)9(21-11)16-3-13-4-7(16)14-10(12)15-8(4)20/h3,5-6,9,17-19H,2H2,1H3,(H3,12,14,15,20)/t5-,6+,9?,11-/m1/s1. The Bertz CT molecular complexity index is 742. The Morgan fingerprint density at radius 3 is 2.90 bits per heavy atom. The van der Waals surface area contributed by atoms with Gasteiger partial charge in [0.25, 0.3) is 5.56 Å². The van der Waals surface area contributed by atoms with E-state index in [2.05, 4.69) is 15.0 Å². The highest BCUT2D eigenvalue weighted by Gasteiger charge is 2.52. The number of anilines is 1. The van der Waals surface area contributed by atoms with Crippen LogP contribution in [-0.4, -0.2) is 59.3 Å². The van der Waals surface area contributed by atoms with Gasteiger partial charge in [-0.3, -0.25) is 14.3 Å². The topological polar surface area (TPSA) is 160 Å². The number of nitrogens with one attached hydrogen (secondary N) is 1. The number of nitrogens with zero attached hydrogens (tertiary/aromatic N) is 3. The number of aromatic nitrogens is 4. The van der Waals surface area contributed by atoms with Gasteiger partial charge >= 0.3 is 0 Å². The summed E-state index contributed by atoms with van der Waals surface area (Å²) in [5, 5.41) is 29.4. The number of ether oxygens (including phenoxy) is 1. The molecule has 10 heteroatoms. The van der Waals surface area contributed by atoms with Gasteiger partial charge in [-0.25, -0.2) is 4.98 Å². The fraction of sp³-hybridized carbons (Fsp3) is 0.545. The number of aliphatic hydroxyl groups excluding tert-OH is 3. The molecule has 0 bridgehead atoms. The van der Waals surface area contributed by atoms with Gasteiger partial charge in [0.15, 0.2) is 17.4 Å². The molecule has 1 unspecified atom stereocenters. The van der Waals surface area contributed by atoms with E-state index in [-0.39, 0.29) is 17.1 Å². The third-order valence-electron chi connectivity index (χ3n) is 3.67. The number of aromatic amines is 1. The van der Waals surface area contributed by atoms with Crippen LogP contribution >= 0.6 is 0 Å². The highest BCUT2D eigenvalue weighted by Crippen LogP contribution is 2.37. The summed E-state index contributed by atoms with van der Waals surface area (Å²) in [6.45, 7) is 0.985. The van der Waals surface area contributed by atoms with Crippen LogP contribution in [0.5, 0.6) is 0 Å². The number of hydrogen-bond donors (Lipinski definition) is 5. The van der Waals surface area contributed by atoms with Crippen LogP contribution in [-0.2, 0) is 4.74 Å². The molecule has 0 aliphatic carbocycles. The largest absolute Gasteiger partial charge is 0.393 e. The van der Waals surface area contributed by atoms with Crippen molar-refractivity contribution in [2.45, 2.75) is 31.0 Å². The quantitative estimate of drug-likeness (QED) is 0.414. The number of nitrogens with two attached hydrogens (primary N) is 1. The summed E-state index contributed by atoms with van der Waals surface area (Å²) in [7, 11) is 0. The molecular formula is C11H15N5O5. The van der Waals surface area contributed by atoms with E-state index in [1.807, 2.05) is 0 Å². The van der Waals surface area contributed by atoms with Crippen molar-refractivity contribution in [3.63, 3.8) is 0 Å². The zero-order chi connectivity index (χ0) is 15.4.